The van der Waals surface area contributed by atoms with Gasteiger partial charge < -0.3 is 0 Å². The van der Waals surface area contributed by atoms with Crippen LogP contribution in [0.15, 0.2) is 17.1 Å². The van der Waals surface area contributed by atoms with E-state index < -0.39 is 0 Å². The minimum atomic E-state index is 0.0926. The highest BCUT2D eigenvalue weighted by atomic mass is 127. The number of nitrogens with zero attached hydrogens (tertiary/aromatic N) is 1. The van der Waals surface area contributed by atoms with E-state index in [4.69, 9.17) is 0 Å². The third-order valence-corrected chi connectivity index (χ3v) is 3.87. The number of aliphatic imine (C=N–C) groups is 1. The van der Waals surface area contributed by atoms with Gasteiger partial charge in [-0.15, -0.1) is 0 Å². The molecule has 0 saturated heterocycles. The van der Waals surface area contributed by atoms with E-state index in [0.29, 0.717) is 0 Å². The van der Waals surface area contributed by atoms with Crippen molar-refractivity contribution in [2.75, 3.05) is 11.5 Å². The summed E-state index contributed by atoms with van der Waals surface area (Å²) in [5.74, 6) is 0. The van der Waals surface area contributed by atoms with Crippen LogP contribution in [-0.2, 0) is 0 Å². The lowest BCUT2D eigenvalue weighted by Gasteiger charge is -2.27. The van der Waals surface area contributed by atoms with Crippen molar-refractivity contribution in [3.63, 3.8) is 0 Å². The van der Waals surface area contributed by atoms with Crippen molar-refractivity contribution < 1.29 is 0 Å². The van der Waals surface area contributed by atoms with Crippen LogP contribution >= 0.6 is 22.6 Å². The lowest BCUT2D eigenvalue weighted by Crippen LogP contribution is -2.28. The highest BCUT2D eigenvalue weighted by molar-refractivity contribution is 14.1. The van der Waals surface area contributed by atoms with Crippen molar-refractivity contribution in [3.8, 4) is 0 Å². The molecule has 0 fully saturated rings. The van der Waals surface area contributed by atoms with Gasteiger partial charge in [0.15, 0.2) is 0 Å². The molecule has 1 nitrogen and oxygen atoms in total. The van der Waals surface area contributed by atoms with Gasteiger partial charge in [0.05, 0.1) is 0 Å². The Hall–Kier alpha value is 0.140. The molecule has 0 radical (unpaired) electrons. The fourth-order valence-electron chi connectivity index (χ4n) is 0.766. The minimum Gasteiger partial charge on any atom is -0.297 e. The van der Waals surface area contributed by atoms with E-state index in [0.717, 1.165) is 4.43 Å². The first kappa shape index (κ1) is 11.1. The first-order chi connectivity index (χ1) is 4.99. The van der Waals surface area contributed by atoms with E-state index in [-0.39, 0.29) is 5.41 Å². The Morgan fingerprint density at radius 1 is 1.55 bits per heavy atom. The molecule has 64 valence electrons. The van der Waals surface area contributed by atoms with Gasteiger partial charge >= 0.3 is 0 Å². The molecule has 0 N–H and O–H groups in total. The van der Waals surface area contributed by atoms with Crippen molar-refractivity contribution in [3.05, 3.63) is 12.2 Å². The summed E-state index contributed by atoms with van der Waals surface area (Å²) in [5.41, 5.74) is 2.45. The lowest BCUT2D eigenvalue weighted by molar-refractivity contribution is 0.648. The van der Waals surface area contributed by atoms with Crippen LogP contribution in [0.3, 0.4) is 0 Å². The summed E-state index contributed by atoms with van der Waals surface area (Å²) < 4.78 is 1.04. The molecule has 0 aromatic carbocycles. The lowest BCUT2D eigenvalue weighted by atomic mass is 9.82. The number of hydrogen-bond acceptors (Lipinski definition) is 1. The molecule has 0 heterocycles. The Morgan fingerprint density at radius 3 is 2.09 bits per heavy atom. The number of allylic oxidation sites excluding steroid dienone is 1. The smallest absolute Gasteiger partial charge is 0.0344 e. The minimum absolute atomic E-state index is 0.0926. The molecule has 0 bridgehead atoms. The number of rotatable bonds is 3. The van der Waals surface area contributed by atoms with Crippen LogP contribution in [0.5, 0.6) is 0 Å². The van der Waals surface area contributed by atoms with Gasteiger partial charge in [-0.25, -0.2) is 0 Å². The van der Waals surface area contributed by atoms with Gasteiger partial charge in [-0.05, 0) is 20.8 Å². The molecule has 11 heavy (non-hydrogen) atoms. The zero-order valence-electron chi connectivity index (χ0n) is 7.74. The molecule has 0 aromatic heterocycles. The van der Waals surface area contributed by atoms with Gasteiger partial charge in [-0.3, -0.25) is 4.99 Å². The summed E-state index contributed by atoms with van der Waals surface area (Å²) in [6.45, 7) is 10.3. The van der Waals surface area contributed by atoms with Gasteiger partial charge in [0.2, 0.25) is 0 Å². The van der Waals surface area contributed by atoms with E-state index in [1.54, 1.807) is 0 Å². The monoisotopic (exact) mass is 265 g/mol. The maximum atomic E-state index is 4.20. The summed E-state index contributed by atoms with van der Waals surface area (Å²) in [6, 6.07) is 0. The summed E-state index contributed by atoms with van der Waals surface area (Å²) in [4.78, 5) is 4.20. The molecule has 0 aliphatic heterocycles. The average molecular weight is 265 g/mol. The largest absolute Gasteiger partial charge is 0.297 e. The normalized spacial score (nSPS) is 17.7. The first-order valence-corrected chi connectivity index (χ1v) is 5.17. The summed E-state index contributed by atoms with van der Waals surface area (Å²) in [7, 11) is 1.84. The molecule has 0 amide bonds. The molecule has 0 rings (SSSR count). The van der Waals surface area contributed by atoms with E-state index >= 15 is 0 Å². The fraction of sp³-hybridized carbons (Fsp3) is 0.667. The van der Waals surface area contributed by atoms with Gasteiger partial charge in [-0.2, -0.15) is 0 Å². The second-order valence-corrected chi connectivity index (χ2v) is 3.82. The predicted octanol–water partition coefficient (Wildman–Crippen LogP) is 3.09. The van der Waals surface area contributed by atoms with E-state index in [2.05, 4.69) is 54.9 Å². The van der Waals surface area contributed by atoms with Crippen molar-refractivity contribution in [1.82, 2.24) is 0 Å². The van der Waals surface area contributed by atoms with Crippen LogP contribution in [-0.4, -0.2) is 17.2 Å². The zero-order chi connectivity index (χ0) is 9.07. The first-order valence-electron chi connectivity index (χ1n) is 3.65. The molecule has 1 atom stereocenters. The van der Waals surface area contributed by atoms with Crippen molar-refractivity contribution in [2.45, 2.75) is 20.8 Å². The quantitative estimate of drug-likeness (QED) is 0.322. The zero-order valence-corrected chi connectivity index (χ0v) is 9.90. The van der Waals surface area contributed by atoms with Crippen LogP contribution in [0, 0.1) is 5.41 Å². The van der Waals surface area contributed by atoms with E-state index in [9.17, 15) is 0 Å². The molecule has 0 aromatic rings. The maximum Gasteiger partial charge on any atom is 0.0344 e. The second-order valence-electron chi connectivity index (χ2n) is 3.06. The van der Waals surface area contributed by atoms with Gasteiger partial charge in [0.25, 0.3) is 0 Å². The average Bonchev–Trinajstić information content (AvgIpc) is 2.01. The Bertz CT molecular complexity index is 184. The van der Waals surface area contributed by atoms with Crippen LogP contribution in [0.2, 0.25) is 0 Å². The van der Waals surface area contributed by atoms with Gasteiger partial charge in [0.1, 0.15) is 0 Å². The maximum absolute atomic E-state index is 4.20. The Kier molecular flexibility index (Phi) is 4.29. The van der Waals surface area contributed by atoms with Crippen LogP contribution in [0.25, 0.3) is 0 Å². The molecule has 0 aliphatic rings. The molecular weight excluding hydrogens is 249 g/mol. The highest BCUT2D eigenvalue weighted by Crippen LogP contribution is 2.29. The SMILES string of the molecule is C=C(C)C(C)(CI)C(C)=NC. The van der Waals surface area contributed by atoms with Crippen molar-refractivity contribution in [2.24, 2.45) is 10.4 Å². The van der Waals surface area contributed by atoms with Gasteiger partial charge in [-0.1, -0.05) is 34.7 Å². The fourth-order valence-corrected chi connectivity index (χ4v) is 1.97. The van der Waals surface area contributed by atoms with Gasteiger partial charge in [0, 0.05) is 22.6 Å². The molecular formula is C9H16IN. The Labute approximate surface area is 83.1 Å². The number of halogens is 1. The molecule has 0 aliphatic carbocycles. The predicted molar refractivity (Wildman–Crippen MR) is 60.8 cm³/mol. The molecule has 1 unspecified atom stereocenters. The summed E-state index contributed by atoms with van der Waals surface area (Å²) in [5, 5.41) is 0. The topological polar surface area (TPSA) is 12.4 Å². The Morgan fingerprint density at radius 2 is 2.00 bits per heavy atom. The van der Waals surface area contributed by atoms with Crippen LogP contribution < -0.4 is 0 Å². The number of hydrogen-bond donors (Lipinski definition) is 0. The number of alkyl halides is 1. The van der Waals surface area contributed by atoms with Crippen molar-refractivity contribution >= 4 is 28.3 Å². The van der Waals surface area contributed by atoms with Crippen LogP contribution in [0.4, 0.5) is 0 Å². The Balaban J connectivity index is 4.75. The third-order valence-electron chi connectivity index (χ3n) is 2.34. The van der Waals surface area contributed by atoms with Crippen LogP contribution in [0.1, 0.15) is 20.8 Å². The molecule has 2 heteroatoms. The molecule has 0 spiro atoms. The summed E-state index contributed by atoms with van der Waals surface area (Å²) >= 11 is 2.38. The van der Waals surface area contributed by atoms with E-state index in [1.807, 2.05) is 7.05 Å². The second kappa shape index (κ2) is 4.24. The van der Waals surface area contributed by atoms with Crippen molar-refractivity contribution in [1.29, 1.82) is 0 Å². The molecule has 0 saturated carbocycles. The van der Waals surface area contributed by atoms with E-state index in [1.165, 1.54) is 11.3 Å². The standard InChI is InChI=1S/C9H16IN/c1-7(2)9(4,6-10)8(3)11-5/h1,6H2,2-5H3. The third kappa shape index (κ3) is 2.29. The summed E-state index contributed by atoms with van der Waals surface area (Å²) in [6.07, 6.45) is 0. The highest BCUT2D eigenvalue weighted by Gasteiger charge is 2.26.